The summed E-state index contributed by atoms with van der Waals surface area (Å²) in [6.07, 6.45) is 4.67. The molecule has 0 aliphatic heterocycles. The van der Waals surface area contributed by atoms with Crippen LogP contribution in [0.3, 0.4) is 0 Å². The Bertz CT molecular complexity index is 549. The molecule has 0 saturated carbocycles. The van der Waals surface area contributed by atoms with Gasteiger partial charge in [-0.1, -0.05) is 11.6 Å². The van der Waals surface area contributed by atoms with Crippen LogP contribution in [-0.4, -0.2) is 33.0 Å². The first kappa shape index (κ1) is 12.8. The smallest absolute Gasteiger partial charge is 0.246 e. The molecule has 1 N–H and O–H groups in total. The molecule has 94 valence electrons. The summed E-state index contributed by atoms with van der Waals surface area (Å²) in [6.45, 7) is 0.397. The van der Waals surface area contributed by atoms with Gasteiger partial charge in [0.15, 0.2) is 0 Å². The molecule has 0 saturated heterocycles. The molecule has 0 bridgehead atoms. The number of halogens is 1. The molecule has 0 aliphatic carbocycles. The largest absolute Gasteiger partial charge is 0.335 e. The molecular weight excluding hydrogens is 272 g/mol. The molecule has 0 radical (unpaired) electrons. The second-order valence-electron chi connectivity index (χ2n) is 3.60. The molecule has 5 nitrogen and oxygen atoms in total. The Hall–Kier alpha value is -1.66. The number of H-pyrrole nitrogens is 1. The van der Waals surface area contributed by atoms with Gasteiger partial charge in [-0.05, 0) is 18.2 Å². The van der Waals surface area contributed by atoms with Crippen molar-refractivity contribution in [1.29, 1.82) is 0 Å². The minimum absolute atomic E-state index is 0.101. The summed E-state index contributed by atoms with van der Waals surface area (Å²) in [7, 11) is 1.70. The number of amides is 1. The lowest BCUT2D eigenvalue weighted by Crippen LogP contribution is -2.24. The van der Waals surface area contributed by atoms with Gasteiger partial charge in [0.25, 0.3) is 0 Å². The third-order valence-corrected chi connectivity index (χ3v) is 3.41. The Kier molecular flexibility index (Phi) is 4.11. The molecule has 0 unspecified atom stereocenters. The molecule has 2 heterocycles. The van der Waals surface area contributed by atoms with E-state index in [-0.39, 0.29) is 5.91 Å². The molecule has 2 rings (SSSR count). The number of rotatable bonds is 4. The van der Waals surface area contributed by atoms with Crippen LogP contribution >= 0.6 is 22.9 Å². The Morgan fingerprint density at radius 1 is 1.61 bits per heavy atom. The van der Waals surface area contributed by atoms with E-state index in [4.69, 9.17) is 11.6 Å². The van der Waals surface area contributed by atoms with Crippen LogP contribution in [-0.2, 0) is 11.3 Å². The van der Waals surface area contributed by atoms with E-state index in [0.717, 1.165) is 4.88 Å². The van der Waals surface area contributed by atoms with E-state index in [1.54, 1.807) is 24.1 Å². The summed E-state index contributed by atoms with van der Waals surface area (Å²) in [5, 5.41) is 6.43. The maximum Gasteiger partial charge on any atom is 0.246 e. The summed E-state index contributed by atoms with van der Waals surface area (Å²) in [4.78, 5) is 18.3. The van der Waals surface area contributed by atoms with E-state index in [0.29, 0.717) is 16.7 Å². The minimum atomic E-state index is -0.101. The van der Waals surface area contributed by atoms with Crippen LogP contribution in [0, 0.1) is 0 Å². The van der Waals surface area contributed by atoms with Gasteiger partial charge in [0.05, 0.1) is 10.9 Å². The first-order valence-corrected chi connectivity index (χ1v) is 6.37. The van der Waals surface area contributed by atoms with Crippen molar-refractivity contribution in [2.24, 2.45) is 0 Å². The number of hydrogen-bond donors (Lipinski definition) is 1. The average Bonchev–Trinajstić information content (AvgIpc) is 2.97. The number of likely N-dealkylation sites (N-methyl/N-ethyl adjacent to an activating group) is 1. The first-order chi connectivity index (χ1) is 8.65. The zero-order chi connectivity index (χ0) is 13.0. The van der Waals surface area contributed by atoms with Gasteiger partial charge in [-0.2, -0.15) is 5.10 Å². The second-order valence-corrected chi connectivity index (χ2v) is 5.35. The van der Waals surface area contributed by atoms with Crippen molar-refractivity contribution in [3.63, 3.8) is 0 Å². The van der Waals surface area contributed by atoms with Crippen molar-refractivity contribution >= 4 is 34.9 Å². The number of thiophene rings is 1. The molecule has 0 spiro atoms. The van der Waals surface area contributed by atoms with Crippen molar-refractivity contribution in [3.05, 3.63) is 39.6 Å². The second kappa shape index (κ2) is 5.79. The molecule has 0 aliphatic rings. The Labute approximate surface area is 113 Å². The maximum atomic E-state index is 11.8. The number of hydrogen-bond acceptors (Lipinski definition) is 4. The van der Waals surface area contributed by atoms with E-state index >= 15 is 0 Å². The monoisotopic (exact) mass is 282 g/mol. The first-order valence-electron chi connectivity index (χ1n) is 5.18. The van der Waals surface area contributed by atoms with E-state index in [9.17, 15) is 4.79 Å². The molecule has 2 aromatic rings. The normalized spacial score (nSPS) is 11.0. The zero-order valence-corrected chi connectivity index (χ0v) is 11.2. The SMILES string of the molecule is CN(Cc1ncn[nH]1)C(=O)C=Cc1ccc(Cl)s1. The number of nitrogens with zero attached hydrogens (tertiary/aromatic N) is 3. The third-order valence-electron chi connectivity index (χ3n) is 2.21. The molecule has 0 fully saturated rings. The van der Waals surface area contributed by atoms with Gasteiger partial charge in [-0.3, -0.25) is 9.89 Å². The summed E-state index contributed by atoms with van der Waals surface area (Å²) < 4.78 is 0.706. The van der Waals surface area contributed by atoms with Crippen LogP contribution in [0.2, 0.25) is 4.34 Å². The average molecular weight is 283 g/mol. The van der Waals surface area contributed by atoms with Crippen molar-refractivity contribution in [1.82, 2.24) is 20.1 Å². The van der Waals surface area contributed by atoms with Gasteiger partial charge in [0, 0.05) is 18.0 Å². The van der Waals surface area contributed by atoms with Crippen molar-refractivity contribution < 1.29 is 4.79 Å². The highest BCUT2D eigenvalue weighted by atomic mass is 35.5. The van der Waals surface area contributed by atoms with Gasteiger partial charge in [0.2, 0.25) is 5.91 Å². The molecule has 1 amide bonds. The molecule has 18 heavy (non-hydrogen) atoms. The Morgan fingerprint density at radius 3 is 3.06 bits per heavy atom. The summed E-state index contributed by atoms with van der Waals surface area (Å²) in [5.41, 5.74) is 0. The standard InChI is InChI=1S/C11H11ClN4OS/c1-16(6-10-13-7-14-15-10)11(17)5-3-8-2-4-9(12)18-8/h2-5,7H,6H2,1H3,(H,13,14,15). The van der Waals surface area contributed by atoms with Crippen molar-refractivity contribution in [3.8, 4) is 0 Å². The fraction of sp³-hybridized carbons (Fsp3) is 0.182. The fourth-order valence-corrected chi connectivity index (χ4v) is 2.27. The minimum Gasteiger partial charge on any atom is -0.335 e. The highest BCUT2D eigenvalue weighted by molar-refractivity contribution is 7.17. The van der Waals surface area contributed by atoms with Crippen LogP contribution in [0.4, 0.5) is 0 Å². The Morgan fingerprint density at radius 2 is 2.44 bits per heavy atom. The summed E-state index contributed by atoms with van der Waals surface area (Å²) >= 11 is 7.23. The van der Waals surface area contributed by atoms with Crippen LogP contribution in [0.25, 0.3) is 6.08 Å². The number of carbonyl (C=O) groups excluding carboxylic acids is 1. The molecule has 0 aromatic carbocycles. The number of aromatic nitrogens is 3. The van der Waals surface area contributed by atoms with Gasteiger partial charge in [0.1, 0.15) is 12.2 Å². The van der Waals surface area contributed by atoms with Gasteiger partial charge in [-0.25, -0.2) is 4.98 Å². The lowest BCUT2D eigenvalue weighted by atomic mass is 10.4. The zero-order valence-electron chi connectivity index (χ0n) is 9.63. The molecule has 2 aromatic heterocycles. The number of nitrogens with one attached hydrogen (secondary N) is 1. The third kappa shape index (κ3) is 3.41. The molecule has 0 atom stereocenters. The quantitative estimate of drug-likeness (QED) is 0.875. The lowest BCUT2D eigenvalue weighted by molar-refractivity contribution is -0.125. The van der Waals surface area contributed by atoms with Crippen LogP contribution in [0.15, 0.2) is 24.5 Å². The maximum absolute atomic E-state index is 11.8. The van der Waals surface area contributed by atoms with Gasteiger partial charge in [-0.15, -0.1) is 11.3 Å². The van der Waals surface area contributed by atoms with Crippen LogP contribution < -0.4 is 0 Å². The van der Waals surface area contributed by atoms with Gasteiger partial charge >= 0.3 is 0 Å². The van der Waals surface area contributed by atoms with Crippen LogP contribution in [0.1, 0.15) is 10.7 Å². The van der Waals surface area contributed by atoms with Crippen LogP contribution in [0.5, 0.6) is 0 Å². The predicted molar refractivity (Wildman–Crippen MR) is 71.2 cm³/mol. The molecule has 7 heteroatoms. The summed E-state index contributed by atoms with van der Waals surface area (Å²) in [6, 6.07) is 3.67. The van der Waals surface area contributed by atoms with E-state index in [2.05, 4.69) is 15.2 Å². The highest BCUT2D eigenvalue weighted by Gasteiger charge is 2.07. The Balaban J connectivity index is 1.93. The topological polar surface area (TPSA) is 61.9 Å². The number of aromatic amines is 1. The fourth-order valence-electron chi connectivity index (χ4n) is 1.31. The molecular formula is C11H11ClN4OS. The van der Waals surface area contributed by atoms with Gasteiger partial charge < -0.3 is 4.90 Å². The van der Waals surface area contributed by atoms with Crippen molar-refractivity contribution in [2.75, 3.05) is 7.05 Å². The predicted octanol–water partition coefficient (Wildman–Crippen LogP) is 2.19. The number of carbonyl (C=O) groups is 1. The van der Waals surface area contributed by atoms with E-state index in [1.807, 2.05) is 6.07 Å². The van der Waals surface area contributed by atoms with E-state index in [1.165, 1.54) is 23.7 Å². The van der Waals surface area contributed by atoms with E-state index < -0.39 is 0 Å². The lowest BCUT2D eigenvalue weighted by Gasteiger charge is -2.12. The summed E-state index contributed by atoms with van der Waals surface area (Å²) in [5.74, 6) is 0.550. The highest BCUT2D eigenvalue weighted by Crippen LogP contribution is 2.22. The van der Waals surface area contributed by atoms with Crippen molar-refractivity contribution in [2.45, 2.75) is 6.54 Å².